The van der Waals surface area contributed by atoms with Crippen molar-refractivity contribution in [3.63, 3.8) is 0 Å². The minimum Gasteiger partial charge on any atom is -0.201 e. The van der Waals surface area contributed by atoms with Gasteiger partial charge < -0.3 is 0 Å². The summed E-state index contributed by atoms with van der Waals surface area (Å²) < 4.78 is 2.23. The average Bonchev–Trinajstić information content (AvgIpc) is 2.18. The van der Waals surface area contributed by atoms with Crippen molar-refractivity contribution in [2.24, 2.45) is 7.05 Å². The van der Waals surface area contributed by atoms with Crippen LogP contribution in [0.25, 0.3) is 10.9 Å². The van der Waals surface area contributed by atoms with Crippen molar-refractivity contribution in [1.82, 2.24) is 0 Å². The van der Waals surface area contributed by atoms with E-state index in [0.717, 1.165) is 0 Å². The van der Waals surface area contributed by atoms with Gasteiger partial charge >= 0.3 is 0 Å². The molecule has 0 radical (unpaired) electrons. The van der Waals surface area contributed by atoms with E-state index < -0.39 is 0 Å². The van der Waals surface area contributed by atoms with Crippen LogP contribution in [0.1, 0.15) is 31.9 Å². The minimum absolute atomic E-state index is 0.203. The molecular formula is C15H20N+. The molecule has 1 aromatic carbocycles. The van der Waals surface area contributed by atoms with Gasteiger partial charge in [0.25, 0.3) is 0 Å². The Kier molecular flexibility index (Phi) is 2.49. The third-order valence-corrected chi connectivity index (χ3v) is 3.18. The van der Waals surface area contributed by atoms with Crippen LogP contribution in [0.2, 0.25) is 0 Å². The predicted octanol–water partition coefficient (Wildman–Crippen LogP) is 3.27. The molecule has 0 unspecified atom stereocenters. The Morgan fingerprint density at radius 1 is 1.12 bits per heavy atom. The summed E-state index contributed by atoms with van der Waals surface area (Å²) in [6.07, 6.45) is 2.24. The van der Waals surface area contributed by atoms with E-state index in [0.29, 0.717) is 0 Å². The van der Waals surface area contributed by atoms with Gasteiger partial charge in [-0.15, -0.1) is 0 Å². The second-order valence-electron chi connectivity index (χ2n) is 5.60. The summed E-state index contributed by atoms with van der Waals surface area (Å²) in [4.78, 5) is 0. The van der Waals surface area contributed by atoms with Crippen LogP contribution >= 0.6 is 0 Å². The van der Waals surface area contributed by atoms with Gasteiger partial charge in [-0.05, 0) is 24.0 Å². The van der Waals surface area contributed by atoms with E-state index in [9.17, 15) is 0 Å². The maximum Gasteiger partial charge on any atom is 0.212 e. The van der Waals surface area contributed by atoms with Crippen LogP contribution in [0.5, 0.6) is 0 Å². The molecule has 0 saturated carbocycles. The molecule has 0 aliphatic heterocycles. The van der Waals surface area contributed by atoms with Crippen LogP contribution in [0.3, 0.4) is 0 Å². The molecule has 1 nitrogen and oxygen atoms in total. The summed E-state index contributed by atoms with van der Waals surface area (Å²) in [5.41, 5.74) is 4.23. The van der Waals surface area contributed by atoms with Crippen LogP contribution in [0.15, 0.2) is 30.5 Å². The van der Waals surface area contributed by atoms with Crippen molar-refractivity contribution < 1.29 is 4.57 Å². The van der Waals surface area contributed by atoms with Gasteiger partial charge in [0.15, 0.2) is 6.20 Å². The van der Waals surface area contributed by atoms with Crippen molar-refractivity contribution in [3.8, 4) is 0 Å². The first-order valence-electron chi connectivity index (χ1n) is 5.79. The molecule has 0 atom stereocenters. The Balaban J connectivity index is 2.81. The highest BCUT2D eigenvalue weighted by molar-refractivity contribution is 5.79. The highest BCUT2D eigenvalue weighted by atomic mass is 14.9. The number of rotatable bonds is 0. The number of hydrogen-bond acceptors (Lipinski definition) is 0. The van der Waals surface area contributed by atoms with Crippen LogP contribution in [-0.2, 0) is 12.5 Å². The number of fused-ring (bicyclic) bond motifs is 1. The molecule has 2 aromatic rings. The van der Waals surface area contributed by atoms with Gasteiger partial charge in [-0.3, -0.25) is 0 Å². The lowest BCUT2D eigenvalue weighted by Crippen LogP contribution is -2.31. The highest BCUT2D eigenvalue weighted by Gasteiger charge is 2.19. The summed E-state index contributed by atoms with van der Waals surface area (Å²) in [6, 6.07) is 8.79. The Morgan fingerprint density at radius 2 is 1.81 bits per heavy atom. The lowest BCUT2D eigenvalue weighted by molar-refractivity contribution is -0.645. The highest BCUT2D eigenvalue weighted by Crippen LogP contribution is 2.25. The number of aromatic nitrogens is 1. The first-order chi connectivity index (χ1) is 7.39. The topological polar surface area (TPSA) is 3.88 Å². The lowest BCUT2D eigenvalue weighted by Gasteiger charge is -2.18. The molecule has 1 aromatic heterocycles. The van der Waals surface area contributed by atoms with E-state index in [1.165, 1.54) is 22.0 Å². The van der Waals surface area contributed by atoms with E-state index in [1.54, 1.807) is 0 Å². The maximum atomic E-state index is 2.32. The smallest absolute Gasteiger partial charge is 0.201 e. The van der Waals surface area contributed by atoms with E-state index in [1.807, 2.05) is 0 Å². The molecule has 0 aliphatic carbocycles. The van der Waals surface area contributed by atoms with Crippen molar-refractivity contribution in [2.45, 2.75) is 33.1 Å². The van der Waals surface area contributed by atoms with Crippen molar-refractivity contribution in [3.05, 3.63) is 41.6 Å². The molecule has 16 heavy (non-hydrogen) atoms. The molecule has 0 aliphatic rings. The zero-order valence-electron chi connectivity index (χ0n) is 10.8. The zero-order valence-corrected chi connectivity index (χ0v) is 10.8. The second-order valence-corrected chi connectivity index (χ2v) is 5.60. The van der Waals surface area contributed by atoms with Gasteiger partial charge in [0.2, 0.25) is 5.52 Å². The third-order valence-electron chi connectivity index (χ3n) is 3.18. The molecule has 0 fully saturated rings. The zero-order chi connectivity index (χ0) is 11.9. The Morgan fingerprint density at radius 3 is 2.44 bits per heavy atom. The molecule has 0 N–H and O–H groups in total. The lowest BCUT2D eigenvalue weighted by atomic mass is 9.87. The molecule has 0 spiro atoms. The van der Waals surface area contributed by atoms with Gasteiger partial charge in [0, 0.05) is 17.0 Å². The quantitative estimate of drug-likeness (QED) is 0.593. The number of benzene rings is 1. The molecule has 0 saturated heterocycles. The summed E-state index contributed by atoms with van der Waals surface area (Å²) in [7, 11) is 2.12. The molecule has 84 valence electrons. The Bertz CT molecular complexity index is 533. The van der Waals surface area contributed by atoms with Crippen molar-refractivity contribution in [1.29, 1.82) is 0 Å². The molecule has 0 bridgehead atoms. The molecule has 0 amide bonds. The summed E-state index contributed by atoms with van der Waals surface area (Å²) in [5.74, 6) is 0. The van der Waals surface area contributed by atoms with Crippen molar-refractivity contribution >= 4 is 10.9 Å². The maximum absolute atomic E-state index is 2.32. The number of hydrogen-bond donors (Lipinski definition) is 0. The fourth-order valence-corrected chi connectivity index (χ4v) is 2.04. The summed E-state index contributed by atoms with van der Waals surface area (Å²) in [6.45, 7) is 8.94. The number of aryl methyl sites for hydroxylation is 2. The van der Waals surface area contributed by atoms with Gasteiger partial charge in [-0.2, -0.15) is 0 Å². The van der Waals surface area contributed by atoms with Gasteiger partial charge in [-0.1, -0.05) is 32.9 Å². The van der Waals surface area contributed by atoms with E-state index in [-0.39, 0.29) is 5.41 Å². The molecule has 2 rings (SSSR count). The minimum atomic E-state index is 0.203. The summed E-state index contributed by atoms with van der Waals surface area (Å²) >= 11 is 0. The SMILES string of the molecule is Cc1cccc2c1cc(C(C)(C)C)c[n+]2C. The Hall–Kier alpha value is -1.37. The molecular weight excluding hydrogens is 194 g/mol. The van der Waals surface area contributed by atoms with Gasteiger partial charge in [-0.25, -0.2) is 4.57 Å². The fraction of sp³-hybridized carbons (Fsp3) is 0.400. The van der Waals surface area contributed by atoms with Crippen LogP contribution < -0.4 is 4.57 Å². The second kappa shape index (κ2) is 3.58. The summed E-state index contributed by atoms with van der Waals surface area (Å²) in [5, 5.41) is 1.36. The van der Waals surface area contributed by atoms with Gasteiger partial charge in [0.1, 0.15) is 7.05 Å². The average molecular weight is 214 g/mol. The monoisotopic (exact) mass is 214 g/mol. The van der Waals surface area contributed by atoms with Crippen LogP contribution in [-0.4, -0.2) is 0 Å². The van der Waals surface area contributed by atoms with E-state index in [2.05, 4.69) is 69.8 Å². The van der Waals surface area contributed by atoms with E-state index in [4.69, 9.17) is 0 Å². The standard InChI is InChI=1S/C15H20N/c1-11-7-6-8-14-13(11)9-12(10-16(14)5)15(2,3)4/h6-10H,1-5H3/q+1. The van der Waals surface area contributed by atoms with Crippen LogP contribution in [0.4, 0.5) is 0 Å². The fourth-order valence-electron chi connectivity index (χ4n) is 2.04. The first kappa shape index (κ1) is 11.1. The van der Waals surface area contributed by atoms with Gasteiger partial charge in [0.05, 0.1) is 0 Å². The third kappa shape index (κ3) is 1.82. The first-order valence-corrected chi connectivity index (χ1v) is 5.79. The van der Waals surface area contributed by atoms with Crippen LogP contribution in [0, 0.1) is 6.92 Å². The van der Waals surface area contributed by atoms with Crippen molar-refractivity contribution in [2.75, 3.05) is 0 Å². The van der Waals surface area contributed by atoms with E-state index >= 15 is 0 Å². The largest absolute Gasteiger partial charge is 0.212 e. The number of nitrogens with zero attached hydrogens (tertiary/aromatic N) is 1. The Labute approximate surface area is 97.7 Å². The molecule has 1 heterocycles. The molecule has 1 heteroatoms. The number of pyridine rings is 1. The predicted molar refractivity (Wildman–Crippen MR) is 68.6 cm³/mol. The normalized spacial score (nSPS) is 12.1.